The molecule has 11 heteroatoms. The summed E-state index contributed by atoms with van der Waals surface area (Å²) in [6.07, 6.45) is 1.27. The number of carbonyl (C=O) groups excluding carboxylic acids is 3. The Morgan fingerprint density at radius 3 is 2.50 bits per heavy atom. The van der Waals surface area contributed by atoms with Crippen molar-refractivity contribution in [3.63, 3.8) is 0 Å². The van der Waals surface area contributed by atoms with Gasteiger partial charge < -0.3 is 35.2 Å². The van der Waals surface area contributed by atoms with E-state index in [1.807, 2.05) is 30.3 Å². The Hall–Kier alpha value is -3.60. The molecule has 0 bridgehead atoms. The molecule has 4 N–H and O–H groups in total. The quantitative estimate of drug-likeness (QED) is 0.0820. The van der Waals surface area contributed by atoms with E-state index in [0.717, 1.165) is 11.6 Å². The van der Waals surface area contributed by atoms with Gasteiger partial charge >= 0.3 is 18.0 Å². The molecule has 0 heterocycles. The number of amidine groups is 1. The van der Waals surface area contributed by atoms with Gasteiger partial charge in [-0.2, -0.15) is 0 Å². The minimum atomic E-state index is -1.18. The Bertz CT molecular complexity index is 903. The summed E-state index contributed by atoms with van der Waals surface area (Å²) >= 11 is 0. The number of nitrogens with zero attached hydrogens (tertiary/aromatic N) is 1. The fraction of sp³-hybridized carbons (Fsp3) is 0.478. The van der Waals surface area contributed by atoms with Gasteiger partial charge in [-0.05, 0) is 44.6 Å². The second kappa shape index (κ2) is 13.2. The molecule has 0 radical (unpaired) electrons. The summed E-state index contributed by atoms with van der Waals surface area (Å²) in [6.45, 7) is 3.28. The van der Waals surface area contributed by atoms with Crippen LogP contribution in [0.25, 0.3) is 0 Å². The van der Waals surface area contributed by atoms with Crippen molar-refractivity contribution < 1.29 is 38.5 Å². The monoisotopic (exact) mass is 477 g/mol. The number of nitrogens with two attached hydrogens (primary N) is 1. The zero-order chi connectivity index (χ0) is 25.0. The number of alkyl carbamates (subject to hydrolysis) is 1. The first-order valence-electron chi connectivity index (χ1n) is 11.0. The average molecular weight is 478 g/mol. The van der Waals surface area contributed by atoms with Crippen molar-refractivity contribution in [2.75, 3.05) is 19.8 Å². The van der Waals surface area contributed by atoms with Crippen molar-refractivity contribution >= 4 is 23.9 Å². The molecule has 34 heavy (non-hydrogen) atoms. The lowest BCUT2D eigenvalue weighted by Crippen LogP contribution is -2.56. The number of nitrogens with one attached hydrogen (secondary N) is 1. The predicted octanol–water partition coefficient (Wildman–Crippen LogP) is 1.74. The standard InChI is InChI=1S/C23H31N3O8/c1-3-31-19(28)12-18(20(29)32-4-2)34-26-21(24)23(11-10-17(13-23)14-27)25-22(30)33-15-16-8-6-5-7-9-16/h5-9,12,17,27H,3-4,10-11,13-15H2,1-2H3,(H2,24,26)(H,25,30)/b18-12+. The lowest BCUT2D eigenvalue weighted by atomic mass is 9.95. The zero-order valence-electron chi connectivity index (χ0n) is 19.3. The van der Waals surface area contributed by atoms with Gasteiger partial charge in [-0.3, -0.25) is 0 Å². The third kappa shape index (κ3) is 7.77. The SMILES string of the molecule is CCOC(=O)/C=C(/O/N=C(\N)C1(NC(=O)OCc2ccccc2)CCC(CO)C1)C(=O)OCC. The summed E-state index contributed by atoms with van der Waals surface area (Å²) < 4.78 is 15.0. The molecule has 1 saturated carbocycles. The third-order valence-electron chi connectivity index (χ3n) is 5.17. The van der Waals surface area contributed by atoms with E-state index in [1.165, 1.54) is 0 Å². The number of ether oxygens (including phenoxy) is 3. The second-order valence-corrected chi connectivity index (χ2v) is 7.61. The van der Waals surface area contributed by atoms with Gasteiger partial charge in [0, 0.05) is 6.61 Å². The lowest BCUT2D eigenvalue weighted by Gasteiger charge is -2.29. The van der Waals surface area contributed by atoms with E-state index in [-0.39, 0.29) is 44.6 Å². The maximum Gasteiger partial charge on any atom is 0.408 e. The van der Waals surface area contributed by atoms with Gasteiger partial charge in [-0.15, -0.1) is 0 Å². The van der Waals surface area contributed by atoms with Crippen LogP contribution in [-0.4, -0.2) is 54.3 Å². The lowest BCUT2D eigenvalue weighted by molar-refractivity contribution is -0.144. The highest BCUT2D eigenvalue weighted by Gasteiger charge is 2.44. The summed E-state index contributed by atoms with van der Waals surface area (Å²) in [5.41, 5.74) is 5.81. The molecule has 0 spiro atoms. The van der Waals surface area contributed by atoms with E-state index in [2.05, 4.69) is 10.5 Å². The molecule has 2 rings (SSSR count). The Morgan fingerprint density at radius 1 is 1.18 bits per heavy atom. The molecule has 11 nitrogen and oxygen atoms in total. The molecular formula is C23H31N3O8. The molecule has 1 aromatic rings. The summed E-state index contributed by atoms with van der Waals surface area (Å²) in [5, 5.41) is 16.1. The van der Waals surface area contributed by atoms with Crippen LogP contribution in [0, 0.1) is 5.92 Å². The maximum absolute atomic E-state index is 12.5. The fourth-order valence-corrected chi connectivity index (χ4v) is 3.47. The normalized spacial score (nSPS) is 20.4. The zero-order valence-corrected chi connectivity index (χ0v) is 19.3. The summed E-state index contributed by atoms with van der Waals surface area (Å²) in [7, 11) is 0. The first-order chi connectivity index (χ1) is 16.3. The molecule has 0 aliphatic heterocycles. The number of hydrogen-bond acceptors (Lipinski definition) is 9. The van der Waals surface area contributed by atoms with E-state index < -0.39 is 29.3 Å². The minimum Gasteiger partial charge on any atom is -0.463 e. The summed E-state index contributed by atoms with van der Waals surface area (Å²) in [5.74, 6) is -2.57. The van der Waals surface area contributed by atoms with Crippen LogP contribution in [0.3, 0.4) is 0 Å². The van der Waals surface area contributed by atoms with E-state index in [0.29, 0.717) is 12.8 Å². The number of amides is 1. The van der Waals surface area contributed by atoms with E-state index in [9.17, 15) is 19.5 Å². The van der Waals surface area contributed by atoms with Crippen molar-refractivity contribution in [3.05, 3.63) is 47.7 Å². The van der Waals surface area contributed by atoms with Crippen molar-refractivity contribution in [1.82, 2.24) is 5.32 Å². The number of oxime groups is 1. The summed E-state index contributed by atoms with van der Waals surface area (Å²) in [4.78, 5) is 41.6. The highest BCUT2D eigenvalue weighted by atomic mass is 16.7. The van der Waals surface area contributed by atoms with Crippen molar-refractivity contribution in [2.45, 2.75) is 45.3 Å². The third-order valence-corrected chi connectivity index (χ3v) is 5.17. The number of aliphatic hydroxyl groups excluding tert-OH is 1. The Morgan fingerprint density at radius 2 is 1.88 bits per heavy atom. The molecule has 0 saturated heterocycles. The second-order valence-electron chi connectivity index (χ2n) is 7.61. The van der Waals surface area contributed by atoms with E-state index >= 15 is 0 Å². The van der Waals surface area contributed by atoms with Gasteiger partial charge in [0.25, 0.3) is 0 Å². The van der Waals surface area contributed by atoms with Gasteiger partial charge in [-0.25, -0.2) is 14.4 Å². The highest BCUT2D eigenvalue weighted by Crippen LogP contribution is 2.35. The van der Waals surface area contributed by atoms with E-state index in [4.69, 9.17) is 24.8 Å². The molecule has 2 unspecified atom stereocenters. The molecular weight excluding hydrogens is 446 g/mol. The topological polar surface area (TPSA) is 159 Å². The maximum atomic E-state index is 12.5. The Balaban J connectivity index is 2.18. The first kappa shape index (κ1) is 26.7. The predicted molar refractivity (Wildman–Crippen MR) is 121 cm³/mol. The molecule has 1 fully saturated rings. The largest absolute Gasteiger partial charge is 0.463 e. The molecule has 1 aliphatic carbocycles. The van der Waals surface area contributed by atoms with Crippen LogP contribution in [0.15, 0.2) is 47.3 Å². The smallest absolute Gasteiger partial charge is 0.408 e. The number of carbonyl (C=O) groups is 3. The first-order valence-corrected chi connectivity index (χ1v) is 11.0. The van der Waals surface area contributed by atoms with Crippen LogP contribution < -0.4 is 11.1 Å². The number of benzene rings is 1. The molecule has 1 amide bonds. The van der Waals surface area contributed by atoms with Crippen LogP contribution in [0.2, 0.25) is 0 Å². The van der Waals surface area contributed by atoms with Gasteiger partial charge in [0.15, 0.2) is 5.84 Å². The van der Waals surface area contributed by atoms with Gasteiger partial charge in [-0.1, -0.05) is 35.5 Å². The molecule has 2 atom stereocenters. The number of rotatable bonds is 11. The summed E-state index contributed by atoms with van der Waals surface area (Å²) in [6, 6.07) is 9.14. The molecule has 1 aliphatic rings. The van der Waals surface area contributed by atoms with Gasteiger partial charge in [0.2, 0.25) is 5.76 Å². The Labute approximate surface area is 197 Å². The van der Waals surface area contributed by atoms with Crippen LogP contribution in [-0.2, 0) is 35.2 Å². The van der Waals surface area contributed by atoms with Crippen LogP contribution >= 0.6 is 0 Å². The van der Waals surface area contributed by atoms with Crippen molar-refractivity contribution in [1.29, 1.82) is 0 Å². The number of esters is 2. The Kier molecular flexibility index (Phi) is 10.3. The van der Waals surface area contributed by atoms with Gasteiger partial charge in [0.1, 0.15) is 12.1 Å². The van der Waals surface area contributed by atoms with Crippen molar-refractivity contribution in [2.24, 2.45) is 16.8 Å². The van der Waals surface area contributed by atoms with Crippen LogP contribution in [0.4, 0.5) is 4.79 Å². The molecule has 1 aromatic carbocycles. The average Bonchev–Trinajstić information content (AvgIpc) is 3.25. The number of hydrogen-bond donors (Lipinski definition) is 3. The fourth-order valence-electron chi connectivity index (χ4n) is 3.47. The minimum absolute atomic E-state index is 0.0402. The van der Waals surface area contributed by atoms with Crippen molar-refractivity contribution in [3.8, 4) is 0 Å². The molecule has 0 aromatic heterocycles. The molecule has 186 valence electrons. The van der Waals surface area contributed by atoms with Crippen LogP contribution in [0.1, 0.15) is 38.7 Å². The number of aliphatic hydroxyl groups is 1. The van der Waals surface area contributed by atoms with Gasteiger partial charge in [0.05, 0.1) is 19.3 Å². The highest BCUT2D eigenvalue weighted by molar-refractivity contribution is 5.96. The van der Waals surface area contributed by atoms with E-state index in [1.54, 1.807) is 13.8 Å². The van der Waals surface area contributed by atoms with Crippen LogP contribution in [0.5, 0.6) is 0 Å².